The molecule has 1 unspecified atom stereocenters. The molecule has 1 N–H and O–H groups in total. The fourth-order valence-corrected chi connectivity index (χ4v) is 2.92. The van der Waals surface area contributed by atoms with Crippen molar-refractivity contribution < 1.29 is 14.3 Å². The van der Waals surface area contributed by atoms with Crippen LogP contribution in [0.4, 0.5) is 10.5 Å². The summed E-state index contributed by atoms with van der Waals surface area (Å²) in [4.78, 5) is 26.1. The molecule has 23 heavy (non-hydrogen) atoms. The molecule has 6 heteroatoms. The Morgan fingerprint density at radius 1 is 1.35 bits per heavy atom. The van der Waals surface area contributed by atoms with Crippen LogP contribution in [-0.2, 0) is 9.53 Å². The number of anilines is 1. The van der Waals surface area contributed by atoms with Crippen LogP contribution in [0.15, 0.2) is 18.2 Å². The number of benzene rings is 1. The maximum absolute atomic E-state index is 12.4. The Labute approximate surface area is 150 Å². The fourth-order valence-electron chi connectivity index (χ4n) is 2.43. The third-order valence-electron chi connectivity index (χ3n) is 3.67. The summed E-state index contributed by atoms with van der Waals surface area (Å²) >= 11 is 2.22. The first-order valence-electron chi connectivity index (χ1n) is 7.70. The highest BCUT2D eigenvalue weighted by molar-refractivity contribution is 14.1. The van der Waals surface area contributed by atoms with E-state index in [2.05, 4.69) is 27.9 Å². The van der Waals surface area contributed by atoms with Gasteiger partial charge in [0.05, 0.1) is 5.92 Å². The monoisotopic (exact) mass is 430 g/mol. The number of halogens is 1. The standard InChI is InChI=1S/C17H23IN2O3/c1-11-5-6-13(18)9-14(11)19-15(21)12-7-8-20(10-12)16(22)23-17(2,3)4/h5-6,9,12H,7-8,10H2,1-4H3,(H,19,21). The van der Waals surface area contributed by atoms with Gasteiger partial charge >= 0.3 is 6.09 Å². The Hall–Kier alpha value is -1.31. The Balaban J connectivity index is 1.95. The van der Waals surface area contributed by atoms with Crippen LogP contribution in [0, 0.1) is 16.4 Å². The second-order valence-corrected chi connectivity index (χ2v) is 8.11. The van der Waals surface area contributed by atoms with Crippen molar-refractivity contribution in [1.29, 1.82) is 0 Å². The molecule has 1 aromatic rings. The number of hydrogen-bond acceptors (Lipinski definition) is 3. The lowest BCUT2D eigenvalue weighted by Crippen LogP contribution is -2.36. The van der Waals surface area contributed by atoms with E-state index in [9.17, 15) is 9.59 Å². The van der Waals surface area contributed by atoms with Crippen molar-refractivity contribution >= 4 is 40.3 Å². The molecule has 0 aliphatic carbocycles. The van der Waals surface area contributed by atoms with Crippen molar-refractivity contribution in [2.24, 2.45) is 5.92 Å². The maximum Gasteiger partial charge on any atom is 0.410 e. The summed E-state index contributed by atoms with van der Waals surface area (Å²) in [5.74, 6) is -0.235. The van der Waals surface area contributed by atoms with E-state index in [1.54, 1.807) is 4.90 Å². The van der Waals surface area contributed by atoms with E-state index in [1.807, 2.05) is 45.9 Å². The number of amides is 2. The Morgan fingerprint density at radius 2 is 2.04 bits per heavy atom. The first-order valence-corrected chi connectivity index (χ1v) is 8.78. The lowest BCUT2D eigenvalue weighted by Gasteiger charge is -2.24. The van der Waals surface area contributed by atoms with E-state index in [1.165, 1.54) is 0 Å². The third kappa shape index (κ3) is 5.09. The molecule has 1 fully saturated rings. The van der Waals surface area contributed by atoms with Gasteiger partial charge in [-0.2, -0.15) is 0 Å². The van der Waals surface area contributed by atoms with Gasteiger partial charge < -0.3 is 15.0 Å². The van der Waals surface area contributed by atoms with Crippen LogP contribution in [0.3, 0.4) is 0 Å². The molecular formula is C17H23IN2O3. The van der Waals surface area contributed by atoms with Crippen molar-refractivity contribution in [1.82, 2.24) is 4.90 Å². The van der Waals surface area contributed by atoms with Crippen LogP contribution in [0.25, 0.3) is 0 Å². The molecular weight excluding hydrogens is 407 g/mol. The smallest absolute Gasteiger partial charge is 0.410 e. The van der Waals surface area contributed by atoms with E-state index in [0.29, 0.717) is 19.5 Å². The Morgan fingerprint density at radius 3 is 2.70 bits per heavy atom. The molecule has 0 saturated carbocycles. The molecule has 1 aliphatic heterocycles. The normalized spacial score (nSPS) is 18.0. The second kappa shape index (κ2) is 7.07. The molecule has 1 saturated heterocycles. The minimum Gasteiger partial charge on any atom is -0.444 e. The van der Waals surface area contributed by atoms with Gasteiger partial charge in [0, 0.05) is 22.3 Å². The number of likely N-dealkylation sites (tertiary alicyclic amines) is 1. The summed E-state index contributed by atoms with van der Waals surface area (Å²) in [5, 5.41) is 2.98. The average Bonchev–Trinajstić information content (AvgIpc) is 2.91. The quantitative estimate of drug-likeness (QED) is 0.727. The number of nitrogens with zero attached hydrogens (tertiary/aromatic N) is 1. The van der Waals surface area contributed by atoms with E-state index in [4.69, 9.17) is 4.74 Å². The summed E-state index contributed by atoms with van der Waals surface area (Å²) in [6, 6.07) is 5.94. The first-order chi connectivity index (χ1) is 10.7. The molecule has 1 heterocycles. The van der Waals surface area contributed by atoms with Gasteiger partial charge in [0.15, 0.2) is 0 Å². The molecule has 1 aromatic carbocycles. The third-order valence-corrected chi connectivity index (χ3v) is 4.34. The number of ether oxygens (including phenoxy) is 1. The molecule has 5 nitrogen and oxygen atoms in total. The van der Waals surface area contributed by atoms with Gasteiger partial charge in [-0.25, -0.2) is 4.79 Å². The van der Waals surface area contributed by atoms with Crippen LogP contribution in [0.5, 0.6) is 0 Å². The average molecular weight is 430 g/mol. The number of carbonyl (C=O) groups is 2. The maximum atomic E-state index is 12.4. The minimum atomic E-state index is -0.519. The van der Waals surface area contributed by atoms with Crippen LogP contribution in [0.1, 0.15) is 32.8 Å². The van der Waals surface area contributed by atoms with Crippen molar-refractivity contribution in [3.05, 3.63) is 27.3 Å². The molecule has 2 rings (SSSR count). The second-order valence-electron chi connectivity index (χ2n) is 6.86. The minimum absolute atomic E-state index is 0.0406. The van der Waals surface area contributed by atoms with Crippen molar-refractivity contribution in [3.8, 4) is 0 Å². The van der Waals surface area contributed by atoms with E-state index in [-0.39, 0.29) is 17.9 Å². The summed E-state index contributed by atoms with van der Waals surface area (Å²) < 4.78 is 6.43. The van der Waals surface area contributed by atoms with Gasteiger partial charge in [-0.05, 0) is 74.4 Å². The summed E-state index contributed by atoms with van der Waals surface area (Å²) in [6.07, 6.45) is 0.312. The zero-order valence-electron chi connectivity index (χ0n) is 14.0. The molecule has 1 aliphatic rings. The molecule has 126 valence electrons. The predicted molar refractivity (Wildman–Crippen MR) is 98.4 cm³/mol. The SMILES string of the molecule is Cc1ccc(I)cc1NC(=O)C1CCN(C(=O)OC(C)(C)C)C1. The highest BCUT2D eigenvalue weighted by Crippen LogP contribution is 2.23. The Bertz CT molecular complexity index is 610. The lowest BCUT2D eigenvalue weighted by atomic mass is 10.1. The highest BCUT2D eigenvalue weighted by atomic mass is 127. The van der Waals surface area contributed by atoms with Crippen molar-refractivity contribution in [3.63, 3.8) is 0 Å². The predicted octanol–water partition coefficient (Wildman–Crippen LogP) is 3.80. The van der Waals surface area contributed by atoms with Gasteiger partial charge in [0.2, 0.25) is 5.91 Å². The molecule has 0 bridgehead atoms. The summed E-state index contributed by atoms with van der Waals surface area (Å²) in [7, 11) is 0. The summed E-state index contributed by atoms with van der Waals surface area (Å²) in [5.41, 5.74) is 1.34. The largest absolute Gasteiger partial charge is 0.444 e. The van der Waals surface area contributed by atoms with E-state index >= 15 is 0 Å². The van der Waals surface area contributed by atoms with Gasteiger partial charge in [0.25, 0.3) is 0 Å². The molecule has 1 atom stereocenters. The first kappa shape index (κ1) is 18.0. The van der Waals surface area contributed by atoms with Crippen LogP contribution in [-0.4, -0.2) is 35.6 Å². The highest BCUT2D eigenvalue weighted by Gasteiger charge is 2.33. The van der Waals surface area contributed by atoms with Crippen LogP contribution < -0.4 is 5.32 Å². The lowest BCUT2D eigenvalue weighted by molar-refractivity contribution is -0.119. The zero-order chi connectivity index (χ0) is 17.2. The van der Waals surface area contributed by atoms with Crippen LogP contribution >= 0.6 is 22.6 Å². The molecule has 0 radical (unpaired) electrons. The Kier molecular flexibility index (Phi) is 5.54. The topological polar surface area (TPSA) is 58.6 Å². The van der Waals surface area contributed by atoms with Crippen molar-refractivity contribution in [2.75, 3.05) is 18.4 Å². The van der Waals surface area contributed by atoms with Gasteiger partial charge in [-0.1, -0.05) is 6.07 Å². The van der Waals surface area contributed by atoms with Crippen molar-refractivity contribution in [2.45, 2.75) is 39.7 Å². The van der Waals surface area contributed by atoms with Gasteiger partial charge in [-0.3, -0.25) is 4.79 Å². The number of carbonyl (C=O) groups excluding carboxylic acids is 2. The number of nitrogens with one attached hydrogen (secondary N) is 1. The zero-order valence-corrected chi connectivity index (χ0v) is 16.1. The van der Waals surface area contributed by atoms with Gasteiger partial charge in [0.1, 0.15) is 5.60 Å². The summed E-state index contributed by atoms with van der Waals surface area (Å²) in [6.45, 7) is 8.44. The molecule has 0 aromatic heterocycles. The van der Waals surface area contributed by atoms with E-state index in [0.717, 1.165) is 14.8 Å². The van der Waals surface area contributed by atoms with E-state index < -0.39 is 5.60 Å². The fraction of sp³-hybridized carbons (Fsp3) is 0.529. The number of rotatable bonds is 2. The number of aryl methyl sites for hydroxylation is 1. The molecule has 2 amide bonds. The van der Waals surface area contributed by atoms with Crippen LogP contribution in [0.2, 0.25) is 0 Å². The molecule has 0 spiro atoms. The van der Waals surface area contributed by atoms with Gasteiger partial charge in [-0.15, -0.1) is 0 Å². The number of hydrogen-bond donors (Lipinski definition) is 1.